The van der Waals surface area contributed by atoms with Gasteiger partial charge in [0.2, 0.25) is 5.88 Å². The van der Waals surface area contributed by atoms with Crippen LogP contribution in [0.1, 0.15) is 50.4 Å². The summed E-state index contributed by atoms with van der Waals surface area (Å²) in [5.74, 6) is -0.321. The summed E-state index contributed by atoms with van der Waals surface area (Å²) < 4.78 is 35.7. The zero-order valence-corrected chi connectivity index (χ0v) is 27.7. The van der Waals surface area contributed by atoms with Crippen molar-refractivity contribution >= 4 is 22.7 Å². The number of quaternary nitrogens is 1. The quantitative estimate of drug-likeness (QED) is 0.110. The number of nitrogens with zero attached hydrogens (tertiary/aromatic N) is 1. The molecule has 7 nitrogen and oxygen atoms in total. The molecule has 0 amide bonds. The van der Waals surface area contributed by atoms with Crippen molar-refractivity contribution in [3.05, 3.63) is 119 Å². The first-order valence-electron chi connectivity index (χ1n) is 12.6. The number of aliphatic hydroxyl groups is 1. The molecule has 0 fully saturated rings. The third-order valence-corrected chi connectivity index (χ3v) is 5.31. The van der Waals surface area contributed by atoms with Crippen molar-refractivity contribution in [2.75, 3.05) is 12.3 Å². The standard InChI is InChI=1S/C21H25N4O2.C7H6F3N.C2H6.Th/c1-14(22)21(15(2)26)17-10-8-16(9-11-17)19(25-13-20(23)27)12-24-18-6-4-3-5-7-18;8-7(9,10)5-2-1-3-6(11)4-5;1-2;/h3-11,13,19,25,27H,12,23H2,1-2H3,(H2,22,26);1-4H,11H2;1-2H3;/q-1;;;/p+1/b20-13-;;;/t19-;;;/m0.../s1. The van der Waals surface area contributed by atoms with Gasteiger partial charge in [-0.2, -0.15) is 13.2 Å². The maximum atomic E-state index is 11.9. The second-order valence-electron chi connectivity index (χ2n) is 8.43. The summed E-state index contributed by atoms with van der Waals surface area (Å²) in [6.45, 7) is 7.72. The number of aliphatic hydroxyl groups excluding tert-OH is 1. The van der Waals surface area contributed by atoms with Crippen LogP contribution in [0.15, 0.2) is 96.6 Å². The fraction of sp³-hybridized carbons (Fsp3) is 0.233. The number of alkyl halides is 3. The van der Waals surface area contributed by atoms with Gasteiger partial charge in [-0.15, -0.1) is 5.69 Å². The van der Waals surface area contributed by atoms with Gasteiger partial charge in [0.05, 0.1) is 11.6 Å². The summed E-state index contributed by atoms with van der Waals surface area (Å²) in [5.41, 5.74) is 19.4. The van der Waals surface area contributed by atoms with E-state index in [1.165, 1.54) is 25.3 Å². The van der Waals surface area contributed by atoms with E-state index in [0.29, 0.717) is 17.8 Å². The van der Waals surface area contributed by atoms with Gasteiger partial charge in [-0.05, 0) is 37.6 Å². The van der Waals surface area contributed by atoms with Gasteiger partial charge in [0.25, 0.3) is 0 Å². The number of Topliss-reactive ketones (excluding diaryl/α,β-unsaturated/α-hetero) is 1. The number of nitrogen functional groups attached to an aromatic ring is 1. The van der Waals surface area contributed by atoms with E-state index < -0.39 is 11.7 Å². The molecule has 0 aliphatic heterocycles. The third kappa shape index (κ3) is 13.9. The van der Waals surface area contributed by atoms with E-state index in [9.17, 15) is 23.1 Å². The van der Waals surface area contributed by atoms with Crippen molar-refractivity contribution in [3.8, 4) is 0 Å². The molecule has 0 radical (unpaired) electrons. The number of allylic oxidation sites excluding steroid dienone is 2. The summed E-state index contributed by atoms with van der Waals surface area (Å²) in [6, 6.07) is 21.8. The Bertz CT molecular complexity index is 1260. The van der Waals surface area contributed by atoms with Gasteiger partial charge >= 0.3 is 6.18 Å². The number of hydrogen-bond donors (Lipinski definition) is 5. The average molecular weight is 790 g/mol. The summed E-state index contributed by atoms with van der Waals surface area (Å²) >= 11 is 0. The zero-order valence-electron chi connectivity index (χ0n) is 23.6. The van der Waals surface area contributed by atoms with E-state index in [0.717, 1.165) is 28.9 Å². The number of rotatable bonds is 8. The van der Waals surface area contributed by atoms with Crippen molar-refractivity contribution in [2.24, 2.45) is 11.5 Å². The molecule has 9 N–H and O–H groups in total. The molecule has 0 saturated carbocycles. The van der Waals surface area contributed by atoms with Crippen LogP contribution < -0.4 is 22.5 Å². The summed E-state index contributed by atoms with van der Waals surface area (Å²) in [7, 11) is 0. The van der Waals surface area contributed by atoms with E-state index in [1.807, 2.05) is 73.8 Å². The van der Waals surface area contributed by atoms with Gasteiger partial charge in [0, 0.05) is 62.5 Å². The van der Waals surface area contributed by atoms with Crippen molar-refractivity contribution in [3.63, 3.8) is 0 Å². The number of para-hydroxylation sites is 1. The molecule has 0 aromatic heterocycles. The predicted octanol–water partition coefficient (Wildman–Crippen LogP) is 5.90. The van der Waals surface area contributed by atoms with Crippen molar-refractivity contribution in [1.82, 2.24) is 0 Å². The summed E-state index contributed by atoms with van der Waals surface area (Å²) in [4.78, 5) is 11.8. The predicted molar refractivity (Wildman–Crippen MR) is 155 cm³/mol. The SMILES string of the molecule is CC.CC(=O)/C(=C(/C)N)c1ccc([C@H](C[N-]c2ccccc2)[NH2+]/C=C(/N)O)cc1.Nc1cccc(C(F)(F)F)c1.[Th]. The molecule has 41 heavy (non-hydrogen) atoms. The van der Waals surface area contributed by atoms with Crippen LogP contribution in [-0.4, -0.2) is 17.4 Å². The molecule has 0 saturated heterocycles. The van der Waals surface area contributed by atoms with E-state index >= 15 is 0 Å². The fourth-order valence-electron chi connectivity index (χ4n) is 3.55. The molecule has 0 bridgehead atoms. The number of carbonyl (C=O) groups excluding carboxylic acids is 1. The molecule has 0 aliphatic rings. The largest absolute Gasteiger partial charge is 0.679 e. The minimum atomic E-state index is -4.30. The molecule has 0 spiro atoms. The first-order valence-corrected chi connectivity index (χ1v) is 12.6. The normalized spacial score (nSPS) is 12.2. The van der Waals surface area contributed by atoms with E-state index in [2.05, 4.69) is 5.32 Å². The average Bonchev–Trinajstić information content (AvgIpc) is 2.90. The van der Waals surface area contributed by atoms with E-state index in [1.54, 1.807) is 6.92 Å². The molecule has 3 rings (SSSR count). The minimum absolute atomic E-state index is 0. The van der Waals surface area contributed by atoms with Crippen LogP contribution in [0.2, 0.25) is 0 Å². The molecular weight excluding hydrogens is 751 g/mol. The van der Waals surface area contributed by atoms with Crippen molar-refractivity contribution in [2.45, 2.75) is 39.9 Å². The van der Waals surface area contributed by atoms with Crippen LogP contribution in [0.4, 0.5) is 24.5 Å². The van der Waals surface area contributed by atoms with Gasteiger partial charge in [-0.25, -0.2) is 0 Å². The van der Waals surface area contributed by atoms with Crippen LogP contribution in [0, 0.1) is 39.9 Å². The molecule has 1 atom stereocenters. The van der Waals surface area contributed by atoms with Crippen molar-refractivity contribution < 1.29 is 68.3 Å². The molecule has 11 heteroatoms. The first-order chi connectivity index (χ1) is 18.9. The molecular formula is C30H38F3N5O2Th. The van der Waals surface area contributed by atoms with Gasteiger partial charge in [0.1, 0.15) is 0 Å². The summed E-state index contributed by atoms with van der Waals surface area (Å²) in [5, 5.41) is 15.7. The Labute approximate surface area is 271 Å². The Hall–Kier alpha value is -3.12. The Morgan fingerprint density at radius 3 is 2.00 bits per heavy atom. The Morgan fingerprint density at radius 2 is 1.56 bits per heavy atom. The van der Waals surface area contributed by atoms with Crippen LogP contribution >= 0.6 is 0 Å². The smallest absolute Gasteiger partial charge is 0.416 e. The second kappa shape index (κ2) is 19.1. The van der Waals surface area contributed by atoms with E-state index in [-0.39, 0.29) is 63.3 Å². The first kappa shape index (κ1) is 37.9. The molecule has 0 aliphatic carbocycles. The summed E-state index contributed by atoms with van der Waals surface area (Å²) in [6.07, 6.45) is -2.83. The Morgan fingerprint density at radius 1 is 0.976 bits per heavy atom. The topological polar surface area (TPSA) is 146 Å². The van der Waals surface area contributed by atoms with Crippen LogP contribution in [0.25, 0.3) is 10.9 Å². The molecule has 0 heterocycles. The van der Waals surface area contributed by atoms with Crippen molar-refractivity contribution in [1.29, 1.82) is 0 Å². The minimum Gasteiger partial charge on any atom is -0.679 e. The monoisotopic (exact) mass is 789 g/mol. The number of benzene rings is 3. The van der Waals surface area contributed by atoms with Gasteiger partial charge < -0.3 is 32.9 Å². The molecule has 3 aromatic rings. The Kier molecular flexibility index (Phi) is 17.6. The zero-order chi connectivity index (χ0) is 30.3. The number of hydrogen-bond acceptors (Lipinski definition) is 5. The fourth-order valence-corrected chi connectivity index (χ4v) is 3.55. The van der Waals surface area contributed by atoms with Gasteiger partial charge in [0.15, 0.2) is 12.0 Å². The van der Waals surface area contributed by atoms with Gasteiger partial charge in [-0.1, -0.05) is 81.1 Å². The second-order valence-corrected chi connectivity index (χ2v) is 8.43. The molecule has 3 aromatic carbocycles. The number of halogens is 3. The van der Waals surface area contributed by atoms with Gasteiger partial charge in [-0.3, -0.25) is 4.79 Å². The molecule has 220 valence electrons. The third-order valence-electron chi connectivity index (χ3n) is 5.31. The number of anilines is 1. The number of nitrogens with two attached hydrogens (primary N) is 4. The van der Waals surface area contributed by atoms with Crippen LogP contribution in [-0.2, 0) is 11.0 Å². The Balaban J connectivity index is 0.000000957. The maximum absolute atomic E-state index is 11.9. The number of carbonyl (C=O) groups is 1. The maximum Gasteiger partial charge on any atom is 0.416 e. The number of ketones is 1. The van der Waals surface area contributed by atoms with Crippen LogP contribution in [0.3, 0.4) is 0 Å². The molecule has 0 unspecified atom stereocenters. The van der Waals surface area contributed by atoms with Crippen LogP contribution in [0.5, 0.6) is 0 Å². The van der Waals surface area contributed by atoms with E-state index in [4.69, 9.17) is 17.2 Å².